The summed E-state index contributed by atoms with van der Waals surface area (Å²) in [5.74, 6) is 0.338. The number of furan rings is 1. The van der Waals surface area contributed by atoms with Crippen LogP contribution in [0.25, 0.3) is 0 Å². The van der Waals surface area contributed by atoms with Gasteiger partial charge in [0.2, 0.25) is 0 Å². The summed E-state index contributed by atoms with van der Waals surface area (Å²) in [6.07, 6.45) is 2.56. The van der Waals surface area contributed by atoms with Crippen LogP contribution >= 0.6 is 0 Å². The Labute approximate surface area is 106 Å². The average Bonchev–Trinajstić information content (AvgIpc) is 2.95. The smallest absolute Gasteiger partial charge is 0.341 e. The van der Waals surface area contributed by atoms with Gasteiger partial charge in [0.15, 0.2) is 0 Å². The molecular formula is C13H19NO4. The Morgan fingerprint density at radius 1 is 1.67 bits per heavy atom. The van der Waals surface area contributed by atoms with Gasteiger partial charge in [-0.05, 0) is 26.3 Å². The first-order valence-corrected chi connectivity index (χ1v) is 6.07. The van der Waals surface area contributed by atoms with Gasteiger partial charge in [-0.25, -0.2) is 4.79 Å². The van der Waals surface area contributed by atoms with Crippen molar-refractivity contribution in [3.8, 4) is 0 Å². The second-order valence-electron chi connectivity index (χ2n) is 4.83. The highest BCUT2D eigenvalue weighted by Gasteiger charge is 2.36. The minimum absolute atomic E-state index is 0.0434. The SMILES string of the molecule is COC(=O)c1coc(CNC2(C)CCOC2C)c1. The predicted octanol–water partition coefficient (Wildman–Crippen LogP) is 1.72. The lowest BCUT2D eigenvalue weighted by molar-refractivity contribution is 0.0600. The molecule has 0 radical (unpaired) electrons. The van der Waals surface area contributed by atoms with Crippen LogP contribution in [0.5, 0.6) is 0 Å². The molecule has 5 heteroatoms. The summed E-state index contributed by atoms with van der Waals surface area (Å²) in [7, 11) is 1.35. The number of ether oxygens (including phenoxy) is 2. The van der Waals surface area contributed by atoms with Gasteiger partial charge in [-0.3, -0.25) is 0 Å². The van der Waals surface area contributed by atoms with Crippen molar-refractivity contribution in [2.24, 2.45) is 0 Å². The molecule has 0 spiro atoms. The van der Waals surface area contributed by atoms with E-state index in [1.165, 1.54) is 13.4 Å². The van der Waals surface area contributed by atoms with Crippen molar-refractivity contribution in [1.82, 2.24) is 5.32 Å². The van der Waals surface area contributed by atoms with Crippen molar-refractivity contribution < 1.29 is 18.7 Å². The molecule has 0 bridgehead atoms. The third kappa shape index (κ3) is 2.57. The number of carbonyl (C=O) groups excluding carboxylic acids is 1. The Balaban J connectivity index is 1.94. The van der Waals surface area contributed by atoms with Crippen LogP contribution in [0.4, 0.5) is 0 Å². The van der Waals surface area contributed by atoms with E-state index in [0.717, 1.165) is 18.8 Å². The topological polar surface area (TPSA) is 60.7 Å². The lowest BCUT2D eigenvalue weighted by Crippen LogP contribution is -2.47. The lowest BCUT2D eigenvalue weighted by atomic mass is 9.95. The van der Waals surface area contributed by atoms with Gasteiger partial charge in [0.25, 0.3) is 0 Å². The quantitative estimate of drug-likeness (QED) is 0.828. The van der Waals surface area contributed by atoms with Gasteiger partial charge < -0.3 is 19.2 Å². The fourth-order valence-corrected chi connectivity index (χ4v) is 2.05. The first kappa shape index (κ1) is 13.1. The Morgan fingerprint density at radius 2 is 2.44 bits per heavy atom. The Bertz CT molecular complexity index is 428. The maximum Gasteiger partial charge on any atom is 0.341 e. The van der Waals surface area contributed by atoms with Crippen molar-refractivity contribution in [3.63, 3.8) is 0 Å². The zero-order valence-electron chi connectivity index (χ0n) is 11.0. The van der Waals surface area contributed by atoms with E-state index in [1.807, 2.05) is 0 Å². The van der Waals surface area contributed by atoms with E-state index in [9.17, 15) is 4.79 Å². The molecule has 1 N–H and O–H groups in total. The summed E-state index contributed by atoms with van der Waals surface area (Å²) in [4.78, 5) is 11.3. The fourth-order valence-electron chi connectivity index (χ4n) is 2.05. The van der Waals surface area contributed by atoms with E-state index in [4.69, 9.17) is 9.15 Å². The molecule has 2 unspecified atom stereocenters. The summed E-state index contributed by atoms with van der Waals surface area (Å²) in [6.45, 7) is 5.54. The first-order valence-electron chi connectivity index (χ1n) is 6.07. The molecule has 1 aromatic heterocycles. The summed E-state index contributed by atoms with van der Waals surface area (Å²) in [5, 5.41) is 3.42. The molecular weight excluding hydrogens is 234 g/mol. The van der Waals surface area contributed by atoms with Crippen LogP contribution < -0.4 is 5.32 Å². The van der Waals surface area contributed by atoms with Crippen molar-refractivity contribution in [2.45, 2.75) is 38.5 Å². The van der Waals surface area contributed by atoms with Crippen LogP contribution in [0.3, 0.4) is 0 Å². The molecule has 100 valence electrons. The molecule has 0 aliphatic carbocycles. The molecule has 18 heavy (non-hydrogen) atoms. The number of hydrogen-bond acceptors (Lipinski definition) is 5. The summed E-state index contributed by atoms with van der Waals surface area (Å²) >= 11 is 0. The minimum Gasteiger partial charge on any atom is -0.467 e. The maximum absolute atomic E-state index is 11.3. The monoisotopic (exact) mass is 253 g/mol. The number of rotatable bonds is 4. The molecule has 0 aromatic carbocycles. The van der Waals surface area contributed by atoms with E-state index in [1.54, 1.807) is 6.07 Å². The number of hydrogen-bond donors (Lipinski definition) is 1. The third-order valence-electron chi connectivity index (χ3n) is 3.63. The summed E-state index contributed by atoms with van der Waals surface area (Å²) in [5.41, 5.74) is 0.397. The Kier molecular flexibility index (Phi) is 3.73. The second-order valence-corrected chi connectivity index (χ2v) is 4.83. The molecule has 5 nitrogen and oxygen atoms in total. The Morgan fingerprint density at radius 3 is 3.06 bits per heavy atom. The molecule has 0 saturated carbocycles. The maximum atomic E-state index is 11.3. The van der Waals surface area contributed by atoms with Crippen LogP contribution in [-0.4, -0.2) is 31.3 Å². The van der Waals surface area contributed by atoms with Crippen LogP contribution in [-0.2, 0) is 16.0 Å². The van der Waals surface area contributed by atoms with Gasteiger partial charge in [0, 0.05) is 12.1 Å². The highest BCUT2D eigenvalue weighted by atomic mass is 16.5. The van der Waals surface area contributed by atoms with E-state index < -0.39 is 0 Å². The van der Waals surface area contributed by atoms with Gasteiger partial charge in [0.05, 0.1) is 25.3 Å². The van der Waals surface area contributed by atoms with Crippen molar-refractivity contribution in [3.05, 3.63) is 23.7 Å². The van der Waals surface area contributed by atoms with Crippen LogP contribution in [0.2, 0.25) is 0 Å². The zero-order valence-corrected chi connectivity index (χ0v) is 11.0. The van der Waals surface area contributed by atoms with Gasteiger partial charge in [0.1, 0.15) is 12.0 Å². The van der Waals surface area contributed by atoms with Crippen LogP contribution in [0.15, 0.2) is 16.7 Å². The zero-order chi connectivity index (χ0) is 13.2. The van der Waals surface area contributed by atoms with E-state index in [-0.39, 0.29) is 17.6 Å². The highest BCUT2D eigenvalue weighted by Crippen LogP contribution is 2.25. The van der Waals surface area contributed by atoms with E-state index >= 15 is 0 Å². The van der Waals surface area contributed by atoms with Crippen molar-refractivity contribution in [2.75, 3.05) is 13.7 Å². The molecule has 2 rings (SSSR count). The standard InChI is InChI=1S/C13H19NO4/c1-9-13(2,4-5-17-9)14-7-11-6-10(8-18-11)12(15)16-3/h6,8-9,14H,4-5,7H2,1-3H3. The van der Waals surface area contributed by atoms with Gasteiger partial charge in [-0.15, -0.1) is 0 Å². The largest absolute Gasteiger partial charge is 0.467 e. The number of nitrogens with one attached hydrogen (secondary N) is 1. The molecule has 1 aromatic rings. The normalized spacial score (nSPS) is 27.4. The number of esters is 1. The van der Waals surface area contributed by atoms with Gasteiger partial charge in [-0.2, -0.15) is 0 Å². The summed E-state index contributed by atoms with van der Waals surface area (Å²) in [6, 6.07) is 1.70. The molecule has 1 aliphatic heterocycles. The van der Waals surface area contributed by atoms with Crippen LogP contribution in [0, 0.1) is 0 Å². The average molecular weight is 253 g/mol. The molecule has 1 saturated heterocycles. The highest BCUT2D eigenvalue weighted by molar-refractivity contribution is 5.88. The fraction of sp³-hybridized carbons (Fsp3) is 0.615. The predicted molar refractivity (Wildman–Crippen MR) is 65.3 cm³/mol. The molecule has 2 atom stereocenters. The van der Waals surface area contributed by atoms with Gasteiger partial charge in [-0.1, -0.05) is 0 Å². The molecule has 1 aliphatic rings. The summed E-state index contributed by atoms with van der Waals surface area (Å²) < 4.78 is 15.5. The lowest BCUT2D eigenvalue weighted by Gasteiger charge is -2.28. The molecule has 1 fully saturated rings. The van der Waals surface area contributed by atoms with Crippen LogP contribution in [0.1, 0.15) is 36.4 Å². The number of carbonyl (C=O) groups is 1. The van der Waals surface area contributed by atoms with E-state index in [0.29, 0.717) is 12.1 Å². The number of methoxy groups -OCH3 is 1. The molecule has 2 heterocycles. The van der Waals surface area contributed by atoms with Crippen molar-refractivity contribution in [1.29, 1.82) is 0 Å². The third-order valence-corrected chi connectivity index (χ3v) is 3.63. The Hall–Kier alpha value is -1.33. The van der Waals surface area contributed by atoms with Gasteiger partial charge >= 0.3 is 5.97 Å². The minimum atomic E-state index is -0.381. The second kappa shape index (κ2) is 5.12. The van der Waals surface area contributed by atoms with E-state index in [2.05, 4.69) is 23.9 Å². The van der Waals surface area contributed by atoms with Crippen molar-refractivity contribution >= 4 is 5.97 Å². The molecule has 0 amide bonds. The first-order chi connectivity index (χ1) is 8.55.